The van der Waals surface area contributed by atoms with Gasteiger partial charge in [-0.15, -0.1) is 6.42 Å². The second-order valence-electron chi connectivity index (χ2n) is 11.5. The van der Waals surface area contributed by atoms with Crippen molar-refractivity contribution in [2.45, 2.75) is 43.4 Å². The maximum absolute atomic E-state index is 14.8. The highest BCUT2D eigenvalue weighted by atomic mass is 19.1. The zero-order valence-corrected chi connectivity index (χ0v) is 23.3. The van der Waals surface area contributed by atoms with E-state index in [0.717, 1.165) is 37.7 Å². The largest absolute Gasteiger partial charge is 0.508 e. The Morgan fingerprint density at radius 3 is 2.88 bits per heavy atom. The number of aromatic nitrogens is 3. The normalized spacial score (nSPS) is 23.7. The molecule has 216 valence electrons. The summed E-state index contributed by atoms with van der Waals surface area (Å²) in [5.74, 6) is 2.62. The van der Waals surface area contributed by atoms with Gasteiger partial charge in [-0.1, -0.05) is 12.0 Å². The van der Waals surface area contributed by atoms with Gasteiger partial charge in [0.15, 0.2) is 0 Å². The van der Waals surface area contributed by atoms with E-state index in [4.69, 9.17) is 25.9 Å². The predicted molar refractivity (Wildman–Crippen MR) is 156 cm³/mol. The Hall–Kier alpha value is -4.07. The van der Waals surface area contributed by atoms with Crippen LogP contribution in [0.25, 0.3) is 32.9 Å². The minimum absolute atomic E-state index is 0.00607. The molecule has 10 heteroatoms. The zero-order chi connectivity index (χ0) is 29.0. The molecule has 4 aromatic rings. The maximum atomic E-state index is 14.8. The molecule has 2 aromatic carbocycles. The van der Waals surface area contributed by atoms with E-state index in [9.17, 15) is 13.9 Å². The van der Waals surface area contributed by atoms with Crippen LogP contribution in [0.15, 0.2) is 36.5 Å². The van der Waals surface area contributed by atoms with Gasteiger partial charge in [-0.05, 0) is 55.5 Å². The Morgan fingerprint density at radius 2 is 2.10 bits per heavy atom. The Kier molecular flexibility index (Phi) is 6.59. The van der Waals surface area contributed by atoms with Crippen molar-refractivity contribution >= 4 is 27.5 Å². The molecule has 3 atom stereocenters. The number of pyridine rings is 1. The third-order valence-corrected chi connectivity index (χ3v) is 9.01. The number of halogens is 2. The van der Waals surface area contributed by atoms with Crippen molar-refractivity contribution < 1.29 is 23.4 Å². The summed E-state index contributed by atoms with van der Waals surface area (Å²) in [5, 5.41) is 12.4. The van der Waals surface area contributed by atoms with Crippen LogP contribution < -0.4 is 9.64 Å². The molecule has 0 bridgehead atoms. The van der Waals surface area contributed by atoms with Crippen molar-refractivity contribution in [3.8, 4) is 35.4 Å². The molecule has 3 aliphatic heterocycles. The van der Waals surface area contributed by atoms with Crippen molar-refractivity contribution in [3.05, 3.63) is 47.9 Å². The summed E-state index contributed by atoms with van der Waals surface area (Å²) in [7, 11) is 1.67. The number of hydrogen-bond acceptors (Lipinski definition) is 8. The number of ether oxygens (including phenoxy) is 2. The molecule has 0 saturated carbocycles. The van der Waals surface area contributed by atoms with Crippen molar-refractivity contribution in [2.75, 3.05) is 44.9 Å². The third kappa shape index (κ3) is 4.39. The predicted octanol–water partition coefficient (Wildman–Crippen LogP) is 4.85. The molecule has 3 saturated heterocycles. The van der Waals surface area contributed by atoms with Gasteiger partial charge in [0, 0.05) is 43.8 Å². The minimum Gasteiger partial charge on any atom is -0.508 e. The van der Waals surface area contributed by atoms with Gasteiger partial charge in [-0.25, -0.2) is 18.7 Å². The first-order valence-electron chi connectivity index (χ1n) is 14.3. The van der Waals surface area contributed by atoms with E-state index < -0.39 is 12.0 Å². The van der Waals surface area contributed by atoms with Crippen molar-refractivity contribution in [1.29, 1.82) is 0 Å². The van der Waals surface area contributed by atoms with Crippen LogP contribution in [0.2, 0.25) is 0 Å². The molecule has 3 fully saturated rings. The summed E-state index contributed by atoms with van der Waals surface area (Å²) < 4.78 is 40.7. The lowest BCUT2D eigenvalue weighted by molar-refractivity contribution is 0.107. The van der Waals surface area contributed by atoms with Crippen LogP contribution in [0.4, 0.5) is 14.6 Å². The first kappa shape index (κ1) is 26.8. The molecular weight excluding hydrogens is 540 g/mol. The summed E-state index contributed by atoms with van der Waals surface area (Å²) in [6.07, 6.45) is 9.89. The molecule has 0 aliphatic carbocycles. The molecule has 8 nitrogen and oxygen atoms in total. The molecule has 3 aliphatic rings. The summed E-state index contributed by atoms with van der Waals surface area (Å²) >= 11 is 0. The molecule has 7 rings (SSSR count). The van der Waals surface area contributed by atoms with Gasteiger partial charge in [0.2, 0.25) is 0 Å². The minimum atomic E-state index is -0.853. The monoisotopic (exact) mass is 571 g/mol. The van der Waals surface area contributed by atoms with Crippen molar-refractivity contribution in [3.63, 3.8) is 0 Å². The lowest BCUT2D eigenvalue weighted by Crippen LogP contribution is -2.50. The lowest BCUT2D eigenvalue weighted by atomic mass is 9.95. The van der Waals surface area contributed by atoms with Crippen LogP contribution >= 0.6 is 0 Å². The summed E-state index contributed by atoms with van der Waals surface area (Å²) in [6, 6.07) is 8.09. The highest BCUT2D eigenvalue weighted by molar-refractivity contribution is 6.03. The quantitative estimate of drug-likeness (QED) is 0.315. The van der Waals surface area contributed by atoms with E-state index in [-0.39, 0.29) is 28.9 Å². The number of benzene rings is 2. The first-order chi connectivity index (χ1) is 20.4. The van der Waals surface area contributed by atoms with Crippen molar-refractivity contribution in [1.82, 2.24) is 19.9 Å². The second kappa shape index (κ2) is 10.3. The van der Waals surface area contributed by atoms with Crippen LogP contribution in [0, 0.1) is 18.2 Å². The summed E-state index contributed by atoms with van der Waals surface area (Å²) in [4.78, 5) is 18.6. The SMILES string of the molecule is C#Cc1c(F)ccc2cc(O)cc(-c3cc4nc(OC[C@@]56CCCN5C[C@H](F)C6)ncc4c(N4CCC4COC)n3)c12. The molecule has 1 N–H and O–H groups in total. The van der Waals surface area contributed by atoms with E-state index >= 15 is 0 Å². The Balaban J connectivity index is 1.35. The second-order valence-corrected chi connectivity index (χ2v) is 11.5. The van der Waals surface area contributed by atoms with E-state index in [1.807, 2.05) is 0 Å². The maximum Gasteiger partial charge on any atom is 0.316 e. The number of phenolic OH excluding ortho intramolecular Hbond substituents is 1. The number of aromatic hydroxyl groups is 1. The Morgan fingerprint density at radius 1 is 1.21 bits per heavy atom. The van der Waals surface area contributed by atoms with E-state index in [2.05, 4.69) is 20.7 Å². The number of fused-ring (bicyclic) bond motifs is 3. The molecule has 1 unspecified atom stereocenters. The Bertz CT molecular complexity index is 1740. The van der Waals surface area contributed by atoms with Gasteiger partial charge < -0.3 is 19.5 Å². The number of hydrogen-bond donors (Lipinski definition) is 1. The number of alkyl halides is 1. The molecular formula is C32H31F2N5O3. The summed E-state index contributed by atoms with van der Waals surface area (Å²) in [5.41, 5.74) is 1.32. The van der Waals surface area contributed by atoms with Crippen LogP contribution in [-0.2, 0) is 4.74 Å². The van der Waals surface area contributed by atoms with E-state index in [1.165, 1.54) is 6.07 Å². The fraction of sp³-hybridized carbons (Fsp3) is 0.406. The summed E-state index contributed by atoms with van der Waals surface area (Å²) in [6.45, 7) is 2.93. The van der Waals surface area contributed by atoms with Crippen LogP contribution in [0.5, 0.6) is 11.8 Å². The first-order valence-corrected chi connectivity index (χ1v) is 14.3. The van der Waals surface area contributed by atoms with Gasteiger partial charge in [-0.2, -0.15) is 4.98 Å². The standard InChI is InChI=1S/C32H31F2N5O3/c1-3-23-26(34)6-5-19-11-22(40)12-24(29(19)23)27-13-28-25(30(36-27)39-10-7-21(39)17-41-2)15-35-31(37-28)42-18-32-8-4-9-38(32)16-20(33)14-32/h1,5-6,11-13,15,20-21,40H,4,7-10,14,16-18H2,2H3/t20-,21?,32+/m1/s1. The number of terminal acetylenes is 1. The number of phenols is 1. The van der Waals surface area contributed by atoms with Crippen LogP contribution in [0.1, 0.15) is 31.2 Å². The number of nitrogens with zero attached hydrogens (tertiary/aromatic N) is 5. The molecule has 42 heavy (non-hydrogen) atoms. The van der Waals surface area contributed by atoms with Crippen molar-refractivity contribution in [2.24, 2.45) is 0 Å². The third-order valence-electron chi connectivity index (χ3n) is 9.01. The van der Waals surface area contributed by atoms with Gasteiger partial charge in [0.05, 0.1) is 40.3 Å². The number of methoxy groups -OCH3 is 1. The zero-order valence-electron chi connectivity index (χ0n) is 23.3. The number of rotatable bonds is 7. The van der Waals surface area contributed by atoms with E-state index in [0.29, 0.717) is 59.5 Å². The average molecular weight is 572 g/mol. The molecule has 0 spiro atoms. The van der Waals surface area contributed by atoms with Gasteiger partial charge >= 0.3 is 6.01 Å². The molecule has 0 amide bonds. The fourth-order valence-electron chi connectivity index (χ4n) is 6.92. The fourth-order valence-corrected chi connectivity index (χ4v) is 6.92. The number of anilines is 1. The van der Waals surface area contributed by atoms with Crippen LogP contribution in [0.3, 0.4) is 0 Å². The smallest absolute Gasteiger partial charge is 0.316 e. The van der Waals surface area contributed by atoms with Crippen LogP contribution in [-0.4, -0.2) is 82.7 Å². The highest BCUT2D eigenvalue weighted by Gasteiger charge is 2.49. The van der Waals surface area contributed by atoms with Gasteiger partial charge in [0.1, 0.15) is 30.2 Å². The molecule has 2 aromatic heterocycles. The van der Waals surface area contributed by atoms with E-state index in [1.54, 1.807) is 37.6 Å². The topological polar surface area (TPSA) is 83.8 Å². The van der Waals surface area contributed by atoms with Gasteiger partial charge in [0.25, 0.3) is 0 Å². The molecule has 5 heterocycles. The lowest BCUT2D eigenvalue weighted by Gasteiger charge is -2.42. The highest BCUT2D eigenvalue weighted by Crippen LogP contribution is 2.41. The van der Waals surface area contributed by atoms with Gasteiger partial charge in [-0.3, -0.25) is 4.90 Å². The molecule has 0 radical (unpaired) electrons. The average Bonchev–Trinajstić information content (AvgIpc) is 3.49. The Labute approximate surface area is 242 Å².